The molecular formula is C29H19ClF5N3O3. The van der Waals surface area contributed by atoms with Crippen molar-refractivity contribution >= 4 is 29.1 Å². The molecule has 12 heteroatoms. The van der Waals surface area contributed by atoms with E-state index < -0.39 is 46.8 Å². The first kappa shape index (κ1) is 28.0. The van der Waals surface area contributed by atoms with Crippen LogP contribution in [0.2, 0.25) is 5.02 Å². The number of alkyl halides is 3. The molecule has 1 aromatic heterocycles. The van der Waals surface area contributed by atoms with Crippen molar-refractivity contribution in [1.82, 2.24) is 9.88 Å². The Kier molecular flexibility index (Phi) is 7.16. The molecule has 0 fully saturated rings. The van der Waals surface area contributed by atoms with Crippen LogP contribution < -0.4 is 16.2 Å². The monoisotopic (exact) mass is 587 g/mol. The standard InChI is InChI=1S/C29H19ClF5N3O3/c1-2-38-13-14(3-6-24(38)39)15-9-21-25(26(37-28(21)41)20-12-18(31)4-5-22(20)30)23(10-15)36-27(40)16-7-17(29(33,34)35)11-19(32)8-16/h3-13,26H,2H2,1H3,(H,36,40)(H,37,41)/t26-/m0/s1. The fourth-order valence-electron chi connectivity index (χ4n) is 4.70. The minimum Gasteiger partial charge on any atom is -0.341 e. The van der Waals surface area contributed by atoms with Crippen molar-refractivity contribution in [3.63, 3.8) is 0 Å². The molecule has 5 rings (SSSR count). The van der Waals surface area contributed by atoms with Gasteiger partial charge in [-0.25, -0.2) is 8.78 Å². The number of fused-ring (bicyclic) bond motifs is 1. The molecule has 4 aromatic rings. The van der Waals surface area contributed by atoms with Crippen LogP contribution in [0.4, 0.5) is 27.6 Å². The lowest BCUT2D eigenvalue weighted by molar-refractivity contribution is -0.137. The van der Waals surface area contributed by atoms with Crippen LogP contribution in [0.3, 0.4) is 0 Å². The van der Waals surface area contributed by atoms with Crippen molar-refractivity contribution in [2.45, 2.75) is 25.7 Å². The van der Waals surface area contributed by atoms with Gasteiger partial charge in [0.05, 0.1) is 11.6 Å². The summed E-state index contributed by atoms with van der Waals surface area (Å²) in [6.07, 6.45) is -3.36. The number of benzene rings is 3. The number of rotatable bonds is 5. The van der Waals surface area contributed by atoms with Crippen molar-refractivity contribution in [1.29, 1.82) is 0 Å². The minimum atomic E-state index is -4.91. The first-order valence-corrected chi connectivity index (χ1v) is 12.6. The van der Waals surface area contributed by atoms with Gasteiger partial charge in [0, 0.05) is 51.8 Å². The highest BCUT2D eigenvalue weighted by molar-refractivity contribution is 6.31. The maximum atomic E-state index is 14.2. The minimum absolute atomic E-state index is 0.0155. The number of nitrogens with one attached hydrogen (secondary N) is 2. The summed E-state index contributed by atoms with van der Waals surface area (Å²) in [5.41, 5.74) is -0.949. The Morgan fingerprint density at radius 1 is 0.976 bits per heavy atom. The SMILES string of the molecule is CCn1cc(-c2cc(NC(=O)c3cc(F)cc(C(F)(F)F)c3)c3c(c2)C(=O)N[C@H]3c2cc(F)ccc2Cl)ccc1=O. The first-order chi connectivity index (χ1) is 19.3. The van der Waals surface area contributed by atoms with E-state index in [0.29, 0.717) is 29.8 Å². The summed E-state index contributed by atoms with van der Waals surface area (Å²) in [7, 11) is 0. The number of aryl methyl sites for hydroxylation is 1. The van der Waals surface area contributed by atoms with Gasteiger partial charge in [0.25, 0.3) is 17.4 Å². The fourth-order valence-corrected chi connectivity index (χ4v) is 4.93. The summed E-state index contributed by atoms with van der Waals surface area (Å²) in [5, 5.41) is 5.31. The number of pyridine rings is 1. The molecule has 210 valence electrons. The predicted molar refractivity (Wildman–Crippen MR) is 142 cm³/mol. The number of hydrogen-bond donors (Lipinski definition) is 2. The van der Waals surface area contributed by atoms with Crippen LogP contribution in [-0.4, -0.2) is 16.4 Å². The van der Waals surface area contributed by atoms with E-state index >= 15 is 0 Å². The molecular weight excluding hydrogens is 569 g/mol. The average Bonchev–Trinajstić information content (AvgIpc) is 3.25. The second kappa shape index (κ2) is 10.5. The topological polar surface area (TPSA) is 80.2 Å². The Morgan fingerprint density at radius 2 is 1.73 bits per heavy atom. The van der Waals surface area contributed by atoms with Crippen LogP contribution in [0.5, 0.6) is 0 Å². The smallest absolute Gasteiger partial charge is 0.341 e. The van der Waals surface area contributed by atoms with Crippen molar-refractivity contribution in [3.05, 3.63) is 122 Å². The Hall–Kier alpha value is -4.51. The molecule has 2 N–H and O–H groups in total. The molecule has 0 unspecified atom stereocenters. The van der Waals surface area contributed by atoms with Crippen LogP contribution in [0.15, 0.2) is 71.7 Å². The van der Waals surface area contributed by atoms with Crippen molar-refractivity contribution < 1.29 is 31.5 Å². The third-order valence-electron chi connectivity index (χ3n) is 6.65. The van der Waals surface area contributed by atoms with Gasteiger partial charge in [-0.05, 0) is 72.6 Å². The molecule has 0 saturated carbocycles. The molecule has 1 atom stereocenters. The molecule has 3 aromatic carbocycles. The van der Waals surface area contributed by atoms with Gasteiger partial charge >= 0.3 is 6.18 Å². The number of halogens is 6. The molecule has 0 spiro atoms. The molecule has 0 saturated heterocycles. The van der Waals surface area contributed by atoms with E-state index in [4.69, 9.17) is 11.6 Å². The van der Waals surface area contributed by atoms with Crippen LogP contribution in [0.1, 0.15) is 50.4 Å². The zero-order valence-corrected chi connectivity index (χ0v) is 21.8. The van der Waals surface area contributed by atoms with Gasteiger partial charge in [0.15, 0.2) is 0 Å². The summed E-state index contributed by atoms with van der Waals surface area (Å²) in [4.78, 5) is 38.4. The lowest BCUT2D eigenvalue weighted by Crippen LogP contribution is -2.21. The fraction of sp³-hybridized carbons (Fsp3) is 0.138. The molecule has 2 amide bonds. The summed E-state index contributed by atoms with van der Waals surface area (Å²) in [5.74, 6) is -3.59. The number of anilines is 1. The van der Waals surface area contributed by atoms with E-state index in [1.807, 2.05) is 0 Å². The van der Waals surface area contributed by atoms with E-state index in [1.165, 1.54) is 34.9 Å². The van der Waals surface area contributed by atoms with Crippen LogP contribution in [0, 0.1) is 11.6 Å². The maximum absolute atomic E-state index is 14.2. The maximum Gasteiger partial charge on any atom is 0.416 e. The molecule has 0 bridgehead atoms. The summed E-state index contributed by atoms with van der Waals surface area (Å²) in [6.45, 7) is 2.11. The van der Waals surface area contributed by atoms with Gasteiger partial charge in [-0.3, -0.25) is 14.4 Å². The Balaban J connectivity index is 1.68. The van der Waals surface area contributed by atoms with E-state index in [0.717, 1.165) is 12.1 Å². The highest BCUT2D eigenvalue weighted by atomic mass is 35.5. The molecule has 1 aliphatic heterocycles. The van der Waals surface area contributed by atoms with Gasteiger partial charge in [0.2, 0.25) is 0 Å². The third-order valence-corrected chi connectivity index (χ3v) is 6.99. The van der Waals surface area contributed by atoms with E-state index in [-0.39, 0.29) is 39.0 Å². The van der Waals surface area contributed by atoms with Gasteiger partial charge < -0.3 is 15.2 Å². The van der Waals surface area contributed by atoms with Gasteiger partial charge in [-0.15, -0.1) is 0 Å². The molecule has 6 nitrogen and oxygen atoms in total. The van der Waals surface area contributed by atoms with Crippen LogP contribution in [0.25, 0.3) is 11.1 Å². The summed E-state index contributed by atoms with van der Waals surface area (Å²) in [6, 6.07) is 9.72. The summed E-state index contributed by atoms with van der Waals surface area (Å²) < 4.78 is 69.5. The number of nitrogens with zero attached hydrogens (tertiary/aromatic N) is 1. The van der Waals surface area contributed by atoms with Crippen LogP contribution in [-0.2, 0) is 12.7 Å². The highest BCUT2D eigenvalue weighted by Crippen LogP contribution is 2.42. The van der Waals surface area contributed by atoms with Gasteiger partial charge in [-0.1, -0.05) is 11.6 Å². The van der Waals surface area contributed by atoms with Crippen molar-refractivity contribution in [3.8, 4) is 11.1 Å². The zero-order chi connectivity index (χ0) is 29.6. The van der Waals surface area contributed by atoms with Crippen molar-refractivity contribution in [2.24, 2.45) is 0 Å². The number of carbonyl (C=O) groups excluding carboxylic acids is 2. The number of aromatic nitrogens is 1. The normalized spacial score (nSPS) is 14.5. The van der Waals surface area contributed by atoms with Gasteiger partial charge in [0.1, 0.15) is 11.6 Å². The lowest BCUT2D eigenvalue weighted by atomic mass is 9.93. The Morgan fingerprint density at radius 3 is 2.44 bits per heavy atom. The largest absolute Gasteiger partial charge is 0.416 e. The molecule has 0 aliphatic carbocycles. The van der Waals surface area contributed by atoms with Crippen LogP contribution >= 0.6 is 11.6 Å². The zero-order valence-electron chi connectivity index (χ0n) is 21.1. The predicted octanol–water partition coefficient (Wildman–Crippen LogP) is 6.57. The lowest BCUT2D eigenvalue weighted by Gasteiger charge is -2.19. The van der Waals surface area contributed by atoms with Crippen molar-refractivity contribution in [2.75, 3.05) is 5.32 Å². The summed E-state index contributed by atoms with van der Waals surface area (Å²) >= 11 is 6.31. The second-order valence-electron chi connectivity index (χ2n) is 9.28. The van der Waals surface area contributed by atoms with E-state index in [9.17, 15) is 36.3 Å². The van der Waals surface area contributed by atoms with Gasteiger partial charge in [-0.2, -0.15) is 13.2 Å². The third kappa shape index (κ3) is 5.45. The quantitative estimate of drug-likeness (QED) is 0.259. The molecule has 1 aliphatic rings. The average molecular weight is 588 g/mol. The number of carbonyl (C=O) groups is 2. The number of amides is 2. The van der Waals surface area contributed by atoms with E-state index in [2.05, 4.69) is 10.6 Å². The molecule has 2 heterocycles. The Labute approximate surface area is 234 Å². The Bertz CT molecular complexity index is 1780. The highest BCUT2D eigenvalue weighted by Gasteiger charge is 2.36. The van der Waals surface area contributed by atoms with E-state index in [1.54, 1.807) is 13.1 Å². The second-order valence-corrected chi connectivity index (χ2v) is 9.69. The molecule has 41 heavy (non-hydrogen) atoms. The number of hydrogen-bond acceptors (Lipinski definition) is 3. The molecule has 0 radical (unpaired) electrons. The first-order valence-electron chi connectivity index (χ1n) is 12.2.